The van der Waals surface area contributed by atoms with Crippen molar-refractivity contribution in [2.75, 3.05) is 13.7 Å². The van der Waals surface area contributed by atoms with Crippen LogP contribution in [0.15, 0.2) is 54.6 Å². The van der Waals surface area contributed by atoms with Gasteiger partial charge in [-0.3, -0.25) is 0 Å². The van der Waals surface area contributed by atoms with Gasteiger partial charge in [0, 0.05) is 35.5 Å². The minimum Gasteiger partial charge on any atom is -0.507 e. The quantitative estimate of drug-likeness (QED) is 0.253. The van der Waals surface area contributed by atoms with Gasteiger partial charge in [-0.2, -0.15) is 0 Å². The van der Waals surface area contributed by atoms with Crippen LogP contribution in [0.5, 0.6) is 5.75 Å². The number of aromatic carboxylic acids is 1. The summed E-state index contributed by atoms with van der Waals surface area (Å²) in [6, 6.07) is 13.3. The zero-order chi connectivity index (χ0) is 27.9. The zero-order valence-electron chi connectivity index (χ0n) is 21.6. The number of aryl methyl sites for hydroxylation is 1. The topological polar surface area (TPSA) is 101 Å². The second kappa shape index (κ2) is 10.1. The number of benzene rings is 3. The zero-order valence-corrected chi connectivity index (χ0v) is 21.6. The van der Waals surface area contributed by atoms with Gasteiger partial charge in [0.05, 0.1) is 23.1 Å². The van der Waals surface area contributed by atoms with Gasteiger partial charge in [0.25, 0.3) is 0 Å². The number of carboxylic acid groups (broad SMARTS) is 1. The summed E-state index contributed by atoms with van der Waals surface area (Å²) in [4.78, 5) is 23.3. The molecule has 202 valence electrons. The number of carboxylic acids is 1. The Morgan fingerprint density at radius 2 is 1.79 bits per heavy atom. The number of carbonyl (C=O) groups excluding carboxylic acids is 1. The molecule has 0 radical (unpaired) electrons. The lowest BCUT2D eigenvalue weighted by atomic mass is 9.63. The van der Waals surface area contributed by atoms with E-state index in [1.54, 1.807) is 31.2 Å². The summed E-state index contributed by atoms with van der Waals surface area (Å²) in [5, 5.41) is 23.3. The normalized spacial score (nSPS) is 14.2. The van der Waals surface area contributed by atoms with Crippen LogP contribution in [0.3, 0.4) is 0 Å². The molecule has 1 saturated carbocycles. The van der Waals surface area contributed by atoms with E-state index in [1.165, 1.54) is 31.3 Å². The Bertz CT molecular complexity index is 1590. The molecule has 3 aromatic carbocycles. The summed E-state index contributed by atoms with van der Waals surface area (Å²) in [5.74, 6) is -2.36. The van der Waals surface area contributed by atoms with Gasteiger partial charge in [-0.25, -0.2) is 18.4 Å². The molecule has 1 aliphatic rings. The summed E-state index contributed by atoms with van der Waals surface area (Å²) >= 11 is 0. The highest BCUT2D eigenvalue weighted by Gasteiger charge is 2.44. The van der Waals surface area contributed by atoms with E-state index in [9.17, 15) is 28.6 Å². The summed E-state index contributed by atoms with van der Waals surface area (Å²) in [7, 11) is 1.48. The van der Waals surface area contributed by atoms with Crippen molar-refractivity contribution in [3.8, 4) is 22.6 Å². The van der Waals surface area contributed by atoms with Crippen LogP contribution in [0, 0.1) is 18.6 Å². The number of phenols is 1. The van der Waals surface area contributed by atoms with E-state index in [1.807, 2.05) is 4.57 Å². The molecular weight excluding hydrogens is 506 g/mol. The van der Waals surface area contributed by atoms with Gasteiger partial charge in [-0.05, 0) is 73.7 Å². The number of amides is 1. The summed E-state index contributed by atoms with van der Waals surface area (Å²) < 4.78 is 36.3. The highest BCUT2D eigenvalue weighted by Crippen LogP contribution is 2.54. The number of alkyl carbamates (subject to hydrolysis) is 1. The molecular formula is C30H28F2N2O5. The molecule has 0 aliphatic heterocycles. The van der Waals surface area contributed by atoms with Crippen molar-refractivity contribution in [2.24, 2.45) is 0 Å². The monoisotopic (exact) mass is 534 g/mol. The molecule has 7 nitrogen and oxygen atoms in total. The van der Waals surface area contributed by atoms with Gasteiger partial charge in [-0.1, -0.05) is 18.6 Å². The number of aromatic nitrogens is 1. The summed E-state index contributed by atoms with van der Waals surface area (Å²) in [6.07, 6.45) is 2.29. The largest absolute Gasteiger partial charge is 0.507 e. The number of aromatic hydroxyl groups is 1. The number of nitrogens with zero attached hydrogens (tertiary/aromatic N) is 1. The van der Waals surface area contributed by atoms with Crippen molar-refractivity contribution < 1.29 is 33.3 Å². The van der Waals surface area contributed by atoms with Crippen LogP contribution in [0.2, 0.25) is 0 Å². The third-order valence-corrected chi connectivity index (χ3v) is 7.66. The van der Waals surface area contributed by atoms with Crippen molar-refractivity contribution in [1.82, 2.24) is 9.88 Å². The number of carbonyl (C=O) groups is 2. The lowest BCUT2D eigenvalue weighted by Gasteiger charge is -2.43. The van der Waals surface area contributed by atoms with Crippen LogP contribution in [0.4, 0.5) is 13.6 Å². The minimum absolute atomic E-state index is 0.103. The average molecular weight is 535 g/mol. The average Bonchev–Trinajstić information content (AvgIpc) is 3.22. The molecule has 0 bridgehead atoms. The van der Waals surface area contributed by atoms with E-state index in [0.717, 1.165) is 31.0 Å². The number of ether oxygens (including phenoxy) is 1. The van der Waals surface area contributed by atoms with Crippen molar-refractivity contribution in [3.05, 3.63) is 83.1 Å². The number of fused-ring (bicyclic) bond motifs is 1. The maximum absolute atomic E-state index is 14.8. The molecule has 1 amide bonds. The Labute approximate surface area is 223 Å². The Balaban J connectivity index is 1.84. The molecule has 3 N–H and O–H groups in total. The molecule has 0 saturated heterocycles. The maximum Gasteiger partial charge on any atom is 0.406 e. The predicted octanol–water partition coefficient (Wildman–Crippen LogP) is 6.46. The van der Waals surface area contributed by atoms with Crippen LogP contribution in [0.25, 0.3) is 27.7 Å². The highest BCUT2D eigenvalue weighted by atomic mass is 19.1. The van der Waals surface area contributed by atoms with Crippen LogP contribution in [-0.4, -0.2) is 40.5 Å². The summed E-state index contributed by atoms with van der Waals surface area (Å²) in [5.41, 5.74) is 3.00. The van der Waals surface area contributed by atoms with Gasteiger partial charge in [0.15, 0.2) is 0 Å². The Hall–Kier alpha value is -4.40. The Morgan fingerprint density at radius 3 is 2.38 bits per heavy atom. The number of nitrogens with one attached hydrogen (secondary N) is 1. The molecule has 1 fully saturated rings. The molecule has 1 aliphatic carbocycles. The van der Waals surface area contributed by atoms with Crippen LogP contribution < -0.4 is 5.32 Å². The number of hydrogen-bond donors (Lipinski definition) is 3. The molecule has 1 heterocycles. The molecule has 0 unspecified atom stereocenters. The van der Waals surface area contributed by atoms with Gasteiger partial charge >= 0.3 is 12.1 Å². The fraction of sp³-hybridized carbons (Fsp3) is 0.267. The molecule has 0 atom stereocenters. The van der Waals surface area contributed by atoms with Crippen LogP contribution in [0.1, 0.15) is 47.3 Å². The smallest absolute Gasteiger partial charge is 0.406 e. The number of halogens is 2. The molecule has 5 rings (SSSR count). The fourth-order valence-corrected chi connectivity index (χ4v) is 5.58. The molecule has 39 heavy (non-hydrogen) atoms. The van der Waals surface area contributed by atoms with E-state index in [4.69, 9.17) is 4.74 Å². The molecule has 0 spiro atoms. The van der Waals surface area contributed by atoms with E-state index >= 15 is 0 Å². The Morgan fingerprint density at radius 1 is 1.08 bits per heavy atom. The van der Waals surface area contributed by atoms with Crippen molar-refractivity contribution in [1.29, 1.82) is 0 Å². The summed E-state index contributed by atoms with van der Waals surface area (Å²) in [6.45, 7) is 1.77. The lowest BCUT2D eigenvalue weighted by molar-refractivity contribution is 0.0696. The predicted molar refractivity (Wildman–Crippen MR) is 143 cm³/mol. The van der Waals surface area contributed by atoms with Crippen LogP contribution >= 0.6 is 0 Å². The SMILES string of the molecule is CNC(=O)OCCC1(c2c(-c3ccc(C(=O)O)cc3)c3c(O)cc(F)cc3n2-c2ccc(F)c(C)c2)CCC1. The highest BCUT2D eigenvalue weighted by molar-refractivity contribution is 6.04. The molecule has 9 heteroatoms. The molecule has 4 aromatic rings. The number of rotatable bonds is 7. The van der Waals surface area contributed by atoms with E-state index in [-0.39, 0.29) is 23.7 Å². The lowest BCUT2D eigenvalue weighted by Crippen LogP contribution is -2.38. The first-order valence-corrected chi connectivity index (χ1v) is 12.7. The van der Waals surface area contributed by atoms with Gasteiger partial charge < -0.3 is 24.8 Å². The van der Waals surface area contributed by atoms with Crippen LogP contribution in [-0.2, 0) is 10.2 Å². The van der Waals surface area contributed by atoms with Gasteiger partial charge in [0.2, 0.25) is 0 Å². The number of hydrogen-bond acceptors (Lipinski definition) is 4. The number of phenolic OH excluding ortho intramolecular Hbond substituents is 1. The minimum atomic E-state index is -1.07. The van der Waals surface area contributed by atoms with Crippen molar-refractivity contribution >= 4 is 23.0 Å². The second-order valence-corrected chi connectivity index (χ2v) is 9.96. The first kappa shape index (κ1) is 26.2. The van der Waals surface area contributed by atoms with E-state index in [2.05, 4.69) is 5.32 Å². The third-order valence-electron chi connectivity index (χ3n) is 7.66. The van der Waals surface area contributed by atoms with E-state index in [0.29, 0.717) is 39.7 Å². The van der Waals surface area contributed by atoms with Crippen molar-refractivity contribution in [3.63, 3.8) is 0 Å². The third kappa shape index (κ3) is 4.58. The first-order chi connectivity index (χ1) is 18.6. The maximum atomic E-state index is 14.8. The second-order valence-electron chi connectivity index (χ2n) is 9.96. The van der Waals surface area contributed by atoms with Gasteiger partial charge in [0.1, 0.15) is 17.4 Å². The molecule has 1 aromatic heterocycles. The Kier molecular flexibility index (Phi) is 6.76. The fourth-order valence-electron chi connectivity index (χ4n) is 5.58. The van der Waals surface area contributed by atoms with E-state index < -0.39 is 23.3 Å². The standard InChI is InChI=1S/C30H28F2N2O5/c1-17-14-21(8-9-22(17)32)34-23-15-20(31)16-24(35)26(23)25(18-4-6-19(7-5-18)28(36)37)27(34)30(10-3-11-30)12-13-39-29(38)33-2/h4-9,14-16,35H,3,10-13H2,1-2H3,(H,33,38)(H,36,37). The first-order valence-electron chi connectivity index (χ1n) is 12.7. The van der Waals surface area contributed by atoms with Gasteiger partial charge in [-0.15, -0.1) is 0 Å². The van der Waals surface area contributed by atoms with Crippen molar-refractivity contribution in [2.45, 2.75) is 38.0 Å².